The van der Waals surface area contributed by atoms with Gasteiger partial charge < -0.3 is 14.8 Å². The number of aryl methyl sites for hydroxylation is 2. The molecule has 10 heteroatoms. The van der Waals surface area contributed by atoms with Crippen molar-refractivity contribution in [3.05, 3.63) is 87.9 Å². The third kappa shape index (κ3) is 5.84. The summed E-state index contributed by atoms with van der Waals surface area (Å²) in [5.41, 5.74) is 3.15. The van der Waals surface area contributed by atoms with Crippen molar-refractivity contribution in [1.82, 2.24) is 5.32 Å². The van der Waals surface area contributed by atoms with Gasteiger partial charge in [-0.05, 0) is 73.5 Å². The van der Waals surface area contributed by atoms with E-state index in [2.05, 4.69) is 10.6 Å². The van der Waals surface area contributed by atoms with Crippen LogP contribution in [0.4, 0.5) is 16.2 Å². The molecule has 3 aromatic carbocycles. The Bertz CT molecular complexity index is 1470. The molecule has 1 aliphatic heterocycles. The predicted molar refractivity (Wildman–Crippen MR) is 143 cm³/mol. The summed E-state index contributed by atoms with van der Waals surface area (Å²) in [6, 6.07) is 15.7. The van der Waals surface area contributed by atoms with Crippen LogP contribution < -0.4 is 25.0 Å². The Kier molecular flexibility index (Phi) is 7.78. The van der Waals surface area contributed by atoms with E-state index in [0.29, 0.717) is 17.0 Å². The lowest BCUT2D eigenvalue weighted by molar-refractivity contribution is -0.122. The van der Waals surface area contributed by atoms with Crippen LogP contribution in [0.5, 0.6) is 11.5 Å². The summed E-state index contributed by atoms with van der Waals surface area (Å²) in [5, 5.41) is 5.13. The number of imide groups is 2. The molecule has 0 spiro atoms. The van der Waals surface area contributed by atoms with E-state index in [1.54, 1.807) is 18.2 Å². The Morgan fingerprint density at radius 1 is 1.03 bits per heavy atom. The zero-order valence-electron chi connectivity index (χ0n) is 20.8. The minimum atomic E-state index is -0.858. The Morgan fingerprint density at radius 3 is 2.42 bits per heavy atom. The minimum absolute atomic E-state index is 0.172. The van der Waals surface area contributed by atoms with Crippen molar-refractivity contribution in [2.45, 2.75) is 13.8 Å². The smallest absolute Gasteiger partial charge is 0.335 e. The number of nitrogens with zero attached hydrogens (tertiary/aromatic N) is 1. The number of hydrogen-bond donors (Lipinski definition) is 2. The lowest BCUT2D eigenvalue weighted by atomic mass is 10.1. The van der Waals surface area contributed by atoms with Gasteiger partial charge in [0.05, 0.1) is 17.8 Å². The Morgan fingerprint density at radius 2 is 1.76 bits per heavy atom. The first-order valence-corrected chi connectivity index (χ1v) is 11.9. The highest BCUT2D eigenvalue weighted by Crippen LogP contribution is 2.28. The van der Waals surface area contributed by atoms with Crippen LogP contribution in [0.1, 0.15) is 16.7 Å². The molecule has 1 saturated heterocycles. The molecule has 0 bridgehead atoms. The Balaban J connectivity index is 1.47. The molecule has 0 saturated carbocycles. The first-order chi connectivity index (χ1) is 18.2. The molecule has 0 atom stereocenters. The number of anilines is 2. The summed E-state index contributed by atoms with van der Waals surface area (Å²) in [5.74, 6) is -1.18. The number of rotatable bonds is 7. The van der Waals surface area contributed by atoms with E-state index in [1.807, 2.05) is 32.0 Å². The molecule has 0 aromatic heterocycles. The topological polar surface area (TPSA) is 114 Å². The maximum absolute atomic E-state index is 13.1. The van der Waals surface area contributed by atoms with Crippen LogP contribution >= 0.6 is 11.6 Å². The van der Waals surface area contributed by atoms with Crippen LogP contribution in [-0.2, 0) is 14.4 Å². The molecular formula is C28H24ClN3O6. The fraction of sp³-hybridized carbons (Fsp3) is 0.143. The molecule has 0 unspecified atom stereocenters. The number of barbiturate groups is 1. The average molecular weight is 534 g/mol. The van der Waals surface area contributed by atoms with Gasteiger partial charge in [0, 0.05) is 5.69 Å². The Labute approximate surface area is 224 Å². The normalized spacial score (nSPS) is 14.4. The standard InChI is InChI=1S/C28H24ClN3O6/c1-16-4-10-23(17(2)12-16)30-25(33)15-38-24-11-5-18(14-22(24)29)13-21-26(34)31-28(36)32(27(21)35)19-6-8-20(37-3)9-7-19/h4-14H,15H2,1-3H3,(H,30,33)(H,31,34,36)/b21-13+. The molecule has 1 fully saturated rings. The number of ether oxygens (including phenoxy) is 2. The zero-order valence-corrected chi connectivity index (χ0v) is 21.6. The third-order valence-electron chi connectivity index (χ3n) is 5.71. The van der Waals surface area contributed by atoms with Crippen LogP contribution in [0.15, 0.2) is 66.2 Å². The van der Waals surface area contributed by atoms with Crippen molar-refractivity contribution in [2.24, 2.45) is 0 Å². The summed E-state index contributed by atoms with van der Waals surface area (Å²) in [6.07, 6.45) is 1.32. The molecule has 9 nitrogen and oxygen atoms in total. The number of carbonyl (C=O) groups excluding carboxylic acids is 4. The van der Waals surface area contributed by atoms with Gasteiger partial charge in [0.15, 0.2) is 6.61 Å². The van der Waals surface area contributed by atoms with Crippen molar-refractivity contribution in [3.63, 3.8) is 0 Å². The van der Waals surface area contributed by atoms with Gasteiger partial charge in [-0.2, -0.15) is 0 Å². The van der Waals surface area contributed by atoms with Crippen molar-refractivity contribution in [2.75, 3.05) is 23.9 Å². The number of hydrogen-bond acceptors (Lipinski definition) is 6. The van der Waals surface area contributed by atoms with Gasteiger partial charge >= 0.3 is 6.03 Å². The number of halogens is 1. The van der Waals surface area contributed by atoms with Crippen molar-refractivity contribution in [3.8, 4) is 11.5 Å². The first-order valence-electron chi connectivity index (χ1n) is 11.5. The second-order valence-corrected chi connectivity index (χ2v) is 8.91. The van der Waals surface area contributed by atoms with E-state index in [0.717, 1.165) is 16.0 Å². The number of amides is 5. The van der Waals surface area contributed by atoms with Crippen molar-refractivity contribution < 1.29 is 28.7 Å². The molecule has 38 heavy (non-hydrogen) atoms. The zero-order chi connectivity index (χ0) is 27.4. The fourth-order valence-electron chi connectivity index (χ4n) is 3.80. The van der Waals surface area contributed by atoms with E-state index in [4.69, 9.17) is 21.1 Å². The molecular weight excluding hydrogens is 510 g/mol. The van der Waals surface area contributed by atoms with Crippen LogP contribution in [0.2, 0.25) is 5.02 Å². The number of urea groups is 1. The van der Waals surface area contributed by atoms with Gasteiger partial charge in [-0.3, -0.25) is 19.7 Å². The molecule has 0 aliphatic carbocycles. The summed E-state index contributed by atoms with van der Waals surface area (Å²) in [7, 11) is 1.50. The van der Waals surface area contributed by atoms with E-state index >= 15 is 0 Å². The lowest BCUT2D eigenvalue weighted by Gasteiger charge is -2.26. The quantitative estimate of drug-likeness (QED) is 0.337. The highest BCUT2D eigenvalue weighted by atomic mass is 35.5. The van der Waals surface area contributed by atoms with Crippen molar-refractivity contribution >= 4 is 52.8 Å². The number of benzene rings is 3. The van der Waals surface area contributed by atoms with Gasteiger partial charge in [0.25, 0.3) is 17.7 Å². The highest BCUT2D eigenvalue weighted by Gasteiger charge is 2.36. The highest BCUT2D eigenvalue weighted by molar-refractivity contribution is 6.39. The predicted octanol–water partition coefficient (Wildman–Crippen LogP) is 4.65. The molecule has 3 aromatic rings. The molecule has 1 aliphatic rings. The number of methoxy groups -OCH3 is 1. The summed E-state index contributed by atoms with van der Waals surface area (Å²) in [6.45, 7) is 3.60. The first kappa shape index (κ1) is 26.4. The monoisotopic (exact) mass is 533 g/mol. The minimum Gasteiger partial charge on any atom is -0.497 e. The van der Waals surface area contributed by atoms with E-state index in [-0.39, 0.29) is 34.5 Å². The second-order valence-electron chi connectivity index (χ2n) is 8.50. The van der Waals surface area contributed by atoms with Gasteiger partial charge in [-0.15, -0.1) is 0 Å². The third-order valence-corrected chi connectivity index (χ3v) is 6.01. The maximum Gasteiger partial charge on any atom is 0.335 e. The van der Waals surface area contributed by atoms with Gasteiger partial charge in [-0.1, -0.05) is 35.4 Å². The number of nitrogens with one attached hydrogen (secondary N) is 2. The SMILES string of the molecule is COc1ccc(N2C(=O)NC(=O)/C(=C\c3ccc(OCC(=O)Nc4ccc(C)cc4C)c(Cl)c3)C2=O)cc1. The van der Waals surface area contributed by atoms with E-state index in [1.165, 1.54) is 37.5 Å². The van der Waals surface area contributed by atoms with E-state index in [9.17, 15) is 19.2 Å². The molecule has 194 valence electrons. The van der Waals surface area contributed by atoms with Gasteiger partial charge in [-0.25, -0.2) is 9.69 Å². The summed E-state index contributed by atoms with van der Waals surface area (Å²) in [4.78, 5) is 51.1. The summed E-state index contributed by atoms with van der Waals surface area (Å²) < 4.78 is 10.7. The van der Waals surface area contributed by atoms with Crippen LogP contribution in [-0.4, -0.2) is 37.5 Å². The van der Waals surface area contributed by atoms with Gasteiger partial charge in [0.2, 0.25) is 0 Å². The number of carbonyl (C=O) groups is 4. The molecule has 5 amide bonds. The van der Waals surface area contributed by atoms with Gasteiger partial charge in [0.1, 0.15) is 17.1 Å². The molecule has 2 N–H and O–H groups in total. The Hall–Kier alpha value is -4.63. The van der Waals surface area contributed by atoms with E-state index < -0.39 is 17.8 Å². The largest absolute Gasteiger partial charge is 0.497 e. The average Bonchev–Trinajstić information content (AvgIpc) is 2.88. The molecule has 1 heterocycles. The van der Waals surface area contributed by atoms with Crippen LogP contribution in [0.25, 0.3) is 6.08 Å². The van der Waals surface area contributed by atoms with Crippen LogP contribution in [0, 0.1) is 13.8 Å². The summed E-state index contributed by atoms with van der Waals surface area (Å²) >= 11 is 6.33. The maximum atomic E-state index is 13.1. The molecule has 4 rings (SSSR count). The second kappa shape index (κ2) is 11.2. The van der Waals surface area contributed by atoms with Crippen molar-refractivity contribution in [1.29, 1.82) is 0 Å². The van der Waals surface area contributed by atoms with Crippen LogP contribution in [0.3, 0.4) is 0 Å². The lowest BCUT2D eigenvalue weighted by Crippen LogP contribution is -2.54. The molecule has 0 radical (unpaired) electrons. The fourth-order valence-corrected chi connectivity index (χ4v) is 4.04.